The SMILES string of the molecule is CCCOc1ccc(C(=O)CCC(=O)N2CCC(C)(CN)C2)cc1.Cl. The highest BCUT2D eigenvalue weighted by molar-refractivity contribution is 5.98. The van der Waals surface area contributed by atoms with Crippen molar-refractivity contribution < 1.29 is 14.3 Å². The van der Waals surface area contributed by atoms with Crippen LogP contribution in [0, 0.1) is 5.41 Å². The summed E-state index contributed by atoms with van der Waals surface area (Å²) in [6, 6.07) is 7.13. The van der Waals surface area contributed by atoms with Gasteiger partial charge >= 0.3 is 0 Å². The van der Waals surface area contributed by atoms with Crippen LogP contribution in [0.2, 0.25) is 0 Å². The highest BCUT2D eigenvalue weighted by atomic mass is 35.5. The summed E-state index contributed by atoms with van der Waals surface area (Å²) in [4.78, 5) is 26.3. The summed E-state index contributed by atoms with van der Waals surface area (Å²) in [5, 5.41) is 0. The molecule has 140 valence electrons. The fourth-order valence-corrected chi connectivity index (χ4v) is 2.88. The van der Waals surface area contributed by atoms with Gasteiger partial charge in [0.2, 0.25) is 5.91 Å². The zero-order chi connectivity index (χ0) is 17.6. The lowest BCUT2D eigenvalue weighted by atomic mass is 9.90. The van der Waals surface area contributed by atoms with E-state index in [9.17, 15) is 9.59 Å². The number of carbonyl (C=O) groups excluding carboxylic acids is 2. The Hall–Kier alpha value is -1.59. The predicted octanol–water partition coefficient (Wildman–Crippen LogP) is 3.06. The Bertz CT molecular complexity index is 577. The zero-order valence-corrected chi connectivity index (χ0v) is 15.9. The van der Waals surface area contributed by atoms with Crippen LogP contribution in [0.4, 0.5) is 0 Å². The van der Waals surface area contributed by atoms with Crippen LogP contribution in [-0.2, 0) is 4.79 Å². The van der Waals surface area contributed by atoms with E-state index in [4.69, 9.17) is 10.5 Å². The molecule has 25 heavy (non-hydrogen) atoms. The minimum absolute atomic E-state index is 0. The maximum absolute atomic E-state index is 12.3. The summed E-state index contributed by atoms with van der Waals surface area (Å²) in [5.41, 5.74) is 6.42. The van der Waals surface area contributed by atoms with Crippen LogP contribution in [0.1, 0.15) is 49.9 Å². The quantitative estimate of drug-likeness (QED) is 0.716. The Labute approximate surface area is 156 Å². The molecule has 1 heterocycles. The third-order valence-electron chi connectivity index (χ3n) is 4.62. The number of hydrogen-bond acceptors (Lipinski definition) is 4. The zero-order valence-electron chi connectivity index (χ0n) is 15.1. The van der Waals surface area contributed by atoms with E-state index in [-0.39, 0.29) is 42.4 Å². The highest BCUT2D eigenvalue weighted by Crippen LogP contribution is 2.29. The van der Waals surface area contributed by atoms with Crippen molar-refractivity contribution in [1.29, 1.82) is 0 Å². The number of halogens is 1. The molecule has 0 saturated carbocycles. The molecule has 1 aromatic carbocycles. The molecule has 1 fully saturated rings. The maximum Gasteiger partial charge on any atom is 0.223 e. The largest absolute Gasteiger partial charge is 0.494 e. The Morgan fingerprint density at radius 2 is 1.92 bits per heavy atom. The van der Waals surface area contributed by atoms with Crippen LogP contribution < -0.4 is 10.5 Å². The van der Waals surface area contributed by atoms with Gasteiger partial charge < -0.3 is 15.4 Å². The Kier molecular flexibility index (Phi) is 8.39. The number of amides is 1. The van der Waals surface area contributed by atoms with Gasteiger partial charge in [0.1, 0.15) is 5.75 Å². The van der Waals surface area contributed by atoms with Crippen molar-refractivity contribution >= 4 is 24.1 Å². The number of ether oxygens (including phenoxy) is 1. The second kappa shape index (κ2) is 9.78. The number of likely N-dealkylation sites (tertiary alicyclic amines) is 1. The molecule has 2 rings (SSSR count). The van der Waals surface area contributed by atoms with Crippen molar-refractivity contribution in [3.05, 3.63) is 29.8 Å². The molecule has 0 radical (unpaired) electrons. The molecule has 1 aliphatic rings. The van der Waals surface area contributed by atoms with Gasteiger partial charge in [0, 0.05) is 31.5 Å². The average molecular weight is 369 g/mol. The number of carbonyl (C=O) groups is 2. The highest BCUT2D eigenvalue weighted by Gasteiger charge is 2.34. The van der Waals surface area contributed by atoms with E-state index < -0.39 is 0 Å². The summed E-state index contributed by atoms with van der Waals surface area (Å²) >= 11 is 0. The van der Waals surface area contributed by atoms with Crippen molar-refractivity contribution in [3.8, 4) is 5.75 Å². The third-order valence-corrected chi connectivity index (χ3v) is 4.62. The molecule has 1 saturated heterocycles. The van der Waals surface area contributed by atoms with Gasteiger partial charge in [-0.2, -0.15) is 0 Å². The second-order valence-electron chi connectivity index (χ2n) is 6.88. The third kappa shape index (κ3) is 6.01. The monoisotopic (exact) mass is 368 g/mol. The number of hydrogen-bond donors (Lipinski definition) is 1. The van der Waals surface area contributed by atoms with E-state index in [2.05, 4.69) is 6.92 Å². The summed E-state index contributed by atoms with van der Waals surface area (Å²) < 4.78 is 5.50. The van der Waals surface area contributed by atoms with E-state index in [0.717, 1.165) is 25.1 Å². The molecule has 1 aromatic rings. The first-order chi connectivity index (χ1) is 11.5. The number of ketones is 1. The van der Waals surface area contributed by atoms with Gasteiger partial charge in [-0.05, 0) is 49.1 Å². The number of benzene rings is 1. The lowest BCUT2D eigenvalue weighted by Gasteiger charge is -2.22. The smallest absolute Gasteiger partial charge is 0.223 e. The van der Waals surface area contributed by atoms with E-state index in [1.807, 2.05) is 11.8 Å². The molecule has 1 aliphatic heterocycles. The van der Waals surface area contributed by atoms with Crippen molar-refractivity contribution in [3.63, 3.8) is 0 Å². The van der Waals surface area contributed by atoms with Crippen LogP contribution in [0.3, 0.4) is 0 Å². The molecule has 1 atom stereocenters. The molecule has 0 aromatic heterocycles. The summed E-state index contributed by atoms with van der Waals surface area (Å²) in [6.45, 7) is 6.84. The molecule has 1 amide bonds. The van der Waals surface area contributed by atoms with Crippen LogP contribution in [0.15, 0.2) is 24.3 Å². The fourth-order valence-electron chi connectivity index (χ4n) is 2.88. The summed E-state index contributed by atoms with van der Waals surface area (Å²) in [7, 11) is 0. The number of Topliss-reactive ketones (excluding diaryl/α,β-unsaturated/α-hetero) is 1. The van der Waals surface area contributed by atoms with Gasteiger partial charge in [0.15, 0.2) is 5.78 Å². The minimum Gasteiger partial charge on any atom is -0.494 e. The number of rotatable bonds is 8. The Balaban J connectivity index is 0.00000312. The van der Waals surface area contributed by atoms with Crippen LogP contribution in [-0.4, -0.2) is 42.8 Å². The molecule has 5 nitrogen and oxygen atoms in total. The van der Waals surface area contributed by atoms with Crippen molar-refractivity contribution in [2.24, 2.45) is 11.1 Å². The van der Waals surface area contributed by atoms with Crippen LogP contribution in [0.25, 0.3) is 0 Å². The first-order valence-electron chi connectivity index (χ1n) is 8.71. The van der Waals surface area contributed by atoms with Crippen molar-refractivity contribution in [1.82, 2.24) is 4.90 Å². The first-order valence-corrected chi connectivity index (χ1v) is 8.71. The van der Waals surface area contributed by atoms with Crippen LogP contribution >= 0.6 is 12.4 Å². The standard InChI is InChI=1S/C19H28N2O3.ClH/c1-3-12-24-16-6-4-15(5-7-16)17(22)8-9-18(23)21-11-10-19(2,13-20)14-21;/h4-7H,3,8-14,20H2,1-2H3;1H. The van der Waals surface area contributed by atoms with Crippen molar-refractivity contribution in [2.45, 2.75) is 39.5 Å². The van der Waals surface area contributed by atoms with Gasteiger partial charge in [-0.3, -0.25) is 9.59 Å². The molecule has 1 unspecified atom stereocenters. The van der Waals surface area contributed by atoms with E-state index in [1.54, 1.807) is 24.3 Å². The van der Waals surface area contributed by atoms with E-state index in [0.29, 0.717) is 25.3 Å². The Morgan fingerprint density at radius 3 is 2.48 bits per heavy atom. The maximum atomic E-state index is 12.3. The predicted molar refractivity (Wildman–Crippen MR) is 101 cm³/mol. The van der Waals surface area contributed by atoms with Crippen LogP contribution in [0.5, 0.6) is 5.75 Å². The first kappa shape index (κ1) is 21.5. The van der Waals surface area contributed by atoms with Gasteiger partial charge in [-0.25, -0.2) is 0 Å². The van der Waals surface area contributed by atoms with Gasteiger partial charge in [-0.1, -0.05) is 13.8 Å². The molecular formula is C19H29ClN2O3. The van der Waals surface area contributed by atoms with E-state index in [1.165, 1.54) is 0 Å². The lowest BCUT2D eigenvalue weighted by Crippen LogP contribution is -2.34. The topological polar surface area (TPSA) is 72.6 Å². The summed E-state index contributed by atoms with van der Waals surface area (Å²) in [5.74, 6) is 0.803. The fraction of sp³-hybridized carbons (Fsp3) is 0.579. The normalized spacial score (nSPS) is 19.4. The van der Waals surface area contributed by atoms with E-state index >= 15 is 0 Å². The lowest BCUT2D eigenvalue weighted by molar-refractivity contribution is -0.130. The molecule has 6 heteroatoms. The second-order valence-corrected chi connectivity index (χ2v) is 6.88. The van der Waals surface area contributed by atoms with Gasteiger partial charge in [-0.15, -0.1) is 12.4 Å². The average Bonchev–Trinajstić information content (AvgIpc) is 3.01. The number of nitrogens with zero attached hydrogens (tertiary/aromatic N) is 1. The van der Waals surface area contributed by atoms with Gasteiger partial charge in [0.25, 0.3) is 0 Å². The molecular weight excluding hydrogens is 340 g/mol. The molecule has 0 spiro atoms. The molecule has 0 bridgehead atoms. The van der Waals surface area contributed by atoms with Crippen molar-refractivity contribution in [2.75, 3.05) is 26.2 Å². The molecule has 0 aliphatic carbocycles. The minimum atomic E-state index is -0.00817. The summed E-state index contributed by atoms with van der Waals surface area (Å²) in [6.07, 6.45) is 2.38. The Morgan fingerprint density at radius 1 is 1.24 bits per heavy atom. The van der Waals surface area contributed by atoms with Gasteiger partial charge in [0.05, 0.1) is 6.61 Å². The number of nitrogens with two attached hydrogens (primary N) is 1. The molecule has 2 N–H and O–H groups in total.